The molecule has 158 valence electrons. The molecule has 0 aliphatic heterocycles. The van der Waals surface area contributed by atoms with Crippen molar-refractivity contribution in [1.29, 1.82) is 0 Å². The summed E-state index contributed by atoms with van der Waals surface area (Å²) in [5.74, 6) is -2.56. The average Bonchev–Trinajstić information content (AvgIpc) is 2.62. The number of aliphatic carboxylic acids is 2. The molecule has 0 saturated carbocycles. The standard InChI is InChI=1S/C21H39NO5/c1-2-3-4-5-6-7-8-9-10-11-12-13-14-15-19(23)22-18(21(26)27)16-17-20(24)25/h18H,2-17H2,1H3,(H,22,23)(H,24,25)(H,26,27)/t18-/m0/s1. The van der Waals surface area contributed by atoms with Crippen LogP contribution in [0.3, 0.4) is 0 Å². The summed E-state index contributed by atoms with van der Waals surface area (Å²) < 4.78 is 0. The number of nitrogens with one attached hydrogen (secondary N) is 1. The van der Waals surface area contributed by atoms with Crippen LogP contribution in [-0.2, 0) is 14.4 Å². The van der Waals surface area contributed by atoms with Crippen LogP contribution in [-0.4, -0.2) is 34.1 Å². The van der Waals surface area contributed by atoms with Crippen molar-refractivity contribution in [2.24, 2.45) is 0 Å². The SMILES string of the molecule is CCCCCCCCCCCCCCCC(=O)N[C@@H](CCC(=O)O)C(=O)O. The van der Waals surface area contributed by atoms with Crippen molar-refractivity contribution in [1.82, 2.24) is 5.32 Å². The van der Waals surface area contributed by atoms with Gasteiger partial charge in [-0.2, -0.15) is 0 Å². The predicted octanol–water partition coefficient (Wildman–Crippen LogP) is 4.90. The van der Waals surface area contributed by atoms with E-state index in [1.807, 2.05) is 0 Å². The van der Waals surface area contributed by atoms with Gasteiger partial charge in [0.05, 0.1) is 0 Å². The maximum Gasteiger partial charge on any atom is 0.326 e. The van der Waals surface area contributed by atoms with Crippen LogP contribution in [0.2, 0.25) is 0 Å². The molecule has 6 heteroatoms. The minimum absolute atomic E-state index is 0.0883. The smallest absolute Gasteiger partial charge is 0.326 e. The van der Waals surface area contributed by atoms with Gasteiger partial charge in [0, 0.05) is 12.8 Å². The Bertz CT molecular complexity index is 411. The molecule has 0 heterocycles. The number of hydrogen-bond donors (Lipinski definition) is 3. The number of carboxylic acid groups (broad SMARTS) is 2. The first-order valence-corrected chi connectivity index (χ1v) is 10.7. The molecule has 1 amide bonds. The van der Waals surface area contributed by atoms with Crippen molar-refractivity contribution >= 4 is 17.8 Å². The topological polar surface area (TPSA) is 104 Å². The van der Waals surface area contributed by atoms with Gasteiger partial charge in [0.25, 0.3) is 0 Å². The van der Waals surface area contributed by atoms with Gasteiger partial charge < -0.3 is 15.5 Å². The van der Waals surface area contributed by atoms with Gasteiger partial charge in [-0.1, -0.05) is 84.0 Å². The van der Waals surface area contributed by atoms with Crippen molar-refractivity contribution in [2.75, 3.05) is 0 Å². The summed E-state index contributed by atoms with van der Waals surface area (Å²) in [6.45, 7) is 2.24. The summed E-state index contributed by atoms with van der Waals surface area (Å²) in [6, 6.07) is -1.12. The normalized spacial score (nSPS) is 11.9. The van der Waals surface area contributed by atoms with Gasteiger partial charge in [-0.3, -0.25) is 9.59 Å². The van der Waals surface area contributed by atoms with E-state index in [2.05, 4.69) is 12.2 Å². The van der Waals surface area contributed by atoms with E-state index >= 15 is 0 Å². The molecule has 0 aliphatic carbocycles. The van der Waals surface area contributed by atoms with Crippen LogP contribution >= 0.6 is 0 Å². The van der Waals surface area contributed by atoms with E-state index in [9.17, 15) is 14.4 Å². The highest BCUT2D eigenvalue weighted by molar-refractivity contribution is 5.83. The summed E-state index contributed by atoms with van der Waals surface area (Å²) in [5.41, 5.74) is 0. The molecule has 3 N–H and O–H groups in total. The third kappa shape index (κ3) is 17.6. The highest BCUT2D eigenvalue weighted by Crippen LogP contribution is 2.13. The summed E-state index contributed by atoms with van der Waals surface area (Å²) >= 11 is 0. The Balaban J connectivity index is 3.51. The second-order valence-corrected chi connectivity index (χ2v) is 7.38. The molecule has 1 atom stereocenters. The Kier molecular flexibility index (Phi) is 16.8. The first-order chi connectivity index (χ1) is 13.0. The fraction of sp³-hybridized carbons (Fsp3) is 0.857. The van der Waals surface area contributed by atoms with E-state index in [1.165, 1.54) is 64.2 Å². The first-order valence-electron chi connectivity index (χ1n) is 10.7. The summed E-state index contributed by atoms with van der Waals surface area (Å²) in [5, 5.41) is 20.0. The first kappa shape index (κ1) is 25.4. The zero-order valence-electron chi connectivity index (χ0n) is 17.0. The van der Waals surface area contributed by atoms with E-state index in [-0.39, 0.29) is 18.7 Å². The summed E-state index contributed by atoms with van der Waals surface area (Å²) in [7, 11) is 0. The van der Waals surface area contributed by atoms with Gasteiger partial charge in [0.1, 0.15) is 6.04 Å². The van der Waals surface area contributed by atoms with Gasteiger partial charge in [-0.05, 0) is 12.8 Å². The molecule has 0 aromatic carbocycles. The number of hydrogen-bond acceptors (Lipinski definition) is 3. The van der Waals surface area contributed by atoms with E-state index in [4.69, 9.17) is 10.2 Å². The van der Waals surface area contributed by atoms with Gasteiger partial charge in [-0.15, -0.1) is 0 Å². The van der Waals surface area contributed by atoms with Crippen LogP contribution in [0.4, 0.5) is 0 Å². The number of amides is 1. The maximum atomic E-state index is 11.8. The summed E-state index contributed by atoms with van der Waals surface area (Å²) in [6.07, 6.45) is 15.9. The van der Waals surface area contributed by atoms with Crippen molar-refractivity contribution in [3.05, 3.63) is 0 Å². The lowest BCUT2D eigenvalue weighted by molar-refractivity contribution is -0.143. The van der Waals surface area contributed by atoms with Crippen LogP contribution in [0, 0.1) is 0 Å². The molecule has 6 nitrogen and oxygen atoms in total. The molecule has 0 aromatic heterocycles. The highest BCUT2D eigenvalue weighted by atomic mass is 16.4. The quantitative estimate of drug-likeness (QED) is 0.274. The number of rotatable bonds is 19. The average molecular weight is 386 g/mol. The van der Waals surface area contributed by atoms with Crippen LogP contribution in [0.25, 0.3) is 0 Å². The molecule has 0 bridgehead atoms. The second kappa shape index (κ2) is 17.8. The lowest BCUT2D eigenvalue weighted by Crippen LogP contribution is -2.41. The lowest BCUT2D eigenvalue weighted by atomic mass is 10.0. The van der Waals surface area contributed by atoms with Gasteiger partial charge >= 0.3 is 11.9 Å². The van der Waals surface area contributed by atoms with Crippen molar-refractivity contribution < 1.29 is 24.6 Å². The van der Waals surface area contributed by atoms with E-state index < -0.39 is 18.0 Å². The number of carbonyl (C=O) groups excluding carboxylic acids is 1. The third-order valence-corrected chi connectivity index (χ3v) is 4.79. The van der Waals surface area contributed by atoms with Crippen molar-refractivity contribution in [3.8, 4) is 0 Å². The molecule has 0 aromatic rings. The van der Waals surface area contributed by atoms with Gasteiger partial charge in [0.15, 0.2) is 0 Å². The van der Waals surface area contributed by atoms with Crippen LogP contribution in [0.1, 0.15) is 110 Å². The monoisotopic (exact) mass is 385 g/mol. The Morgan fingerprint density at radius 2 is 1.15 bits per heavy atom. The molecular formula is C21H39NO5. The molecular weight excluding hydrogens is 346 g/mol. The van der Waals surface area contributed by atoms with E-state index in [1.54, 1.807) is 0 Å². The zero-order valence-corrected chi connectivity index (χ0v) is 17.0. The Hall–Kier alpha value is -1.59. The van der Waals surface area contributed by atoms with Crippen LogP contribution < -0.4 is 5.32 Å². The Labute approximate surface area is 164 Å². The molecule has 27 heavy (non-hydrogen) atoms. The molecule has 0 spiro atoms. The predicted molar refractivity (Wildman–Crippen MR) is 107 cm³/mol. The highest BCUT2D eigenvalue weighted by Gasteiger charge is 2.20. The molecule has 0 fully saturated rings. The van der Waals surface area contributed by atoms with Crippen LogP contribution in [0.5, 0.6) is 0 Å². The summed E-state index contributed by atoms with van der Waals surface area (Å²) in [4.78, 5) is 33.3. The van der Waals surface area contributed by atoms with Crippen LogP contribution in [0.15, 0.2) is 0 Å². The van der Waals surface area contributed by atoms with Gasteiger partial charge in [-0.25, -0.2) is 4.79 Å². The van der Waals surface area contributed by atoms with Crippen molar-refractivity contribution in [3.63, 3.8) is 0 Å². The van der Waals surface area contributed by atoms with Crippen molar-refractivity contribution in [2.45, 2.75) is 116 Å². The fourth-order valence-electron chi connectivity index (χ4n) is 3.10. The maximum absolute atomic E-state index is 11.8. The molecule has 0 aliphatic rings. The second-order valence-electron chi connectivity index (χ2n) is 7.38. The zero-order chi connectivity index (χ0) is 20.3. The molecule has 0 unspecified atom stereocenters. The minimum atomic E-state index is -1.19. The third-order valence-electron chi connectivity index (χ3n) is 4.79. The minimum Gasteiger partial charge on any atom is -0.481 e. The number of carboxylic acids is 2. The Morgan fingerprint density at radius 1 is 0.704 bits per heavy atom. The van der Waals surface area contributed by atoms with E-state index in [0.29, 0.717) is 6.42 Å². The lowest BCUT2D eigenvalue weighted by Gasteiger charge is -2.13. The fourth-order valence-corrected chi connectivity index (χ4v) is 3.10. The Morgan fingerprint density at radius 3 is 1.56 bits per heavy atom. The molecule has 0 radical (unpaired) electrons. The number of carbonyl (C=O) groups is 3. The van der Waals surface area contributed by atoms with E-state index in [0.717, 1.165) is 19.3 Å². The molecule has 0 saturated heterocycles. The molecule has 0 rings (SSSR count). The number of unbranched alkanes of at least 4 members (excludes halogenated alkanes) is 12. The largest absolute Gasteiger partial charge is 0.481 e. The van der Waals surface area contributed by atoms with Gasteiger partial charge in [0.2, 0.25) is 5.91 Å².